The molecule has 1 aliphatic rings. The van der Waals surface area contributed by atoms with E-state index in [-0.39, 0.29) is 5.56 Å². The van der Waals surface area contributed by atoms with Gasteiger partial charge in [0.05, 0.1) is 18.6 Å². The molecule has 0 saturated carbocycles. The number of thiazole rings is 1. The van der Waals surface area contributed by atoms with Gasteiger partial charge in [0, 0.05) is 22.2 Å². The summed E-state index contributed by atoms with van der Waals surface area (Å²) in [5.74, 6) is -4.68. The topological polar surface area (TPSA) is 128 Å². The van der Waals surface area contributed by atoms with Crippen LogP contribution in [0.2, 0.25) is 5.02 Å². The number of hydrogen-bond acceptors (Lipinski definition) is 6. The number of carboxylic acid groups (broad SMARTS) is 2. The van der Waals surface area contributed by atoms with Crippen LogP contribution in [0.15, 0.2) is 35.8 Å². The molecule has 3 rings (SSSR count). The van der Waals surface area contributed by atoms with Crippen molar-refractivity contribution in [3.8, 4) is 0 Å². The number of aliphatic hydroxyl groups is 1. The Hall–Kier alpha value is -2.49. The fraction of sp³-hybridized carbons (Fsp3) is 0.294. The predicted octanol–water partition coefficient (Wildman–Crippen LogP) is 1.90. The summed E-state index contributed by atoms with van der Waals surface area (Å²) in [5, 5.41) is 31.6. The van der Waals surface area contributed by atoms with Gasteiger partial charge in [0.1, 0.15) is 5.01 Å². The van der Waals surface area contributed by atoms with Gasteiger partial charge in [-0.05, 0) is 30.7 Å². The minimum Gasteiger partial charge on any atom is -0.481 e. The highest BCUT2D eigenvalue weighted by molar-refractivity contribution is 7.09. The van der Waals surface area contributed by atoms with Crippen molar-refractivity contribution in [2.24, 2.45) is 5.92 Å². The van der Waals surface area contributed by atoms with Gasteiger partial charge in [0.15, 0.2) is 5.54 Å². The number of amides is 1. The molecular weight excluding hydrogens is 396 g/mol. The Morgan fingerprint density at radius 1 is 1.26 bits per heavy atom. The van der Waals surface area contributed by atoms with Gasteiger partial charge in [0.25, 0.3) is 5.91 Å². The van der Waals surface area contributed by atoms with Crippen LogP contribution in [0.5, 0.6) is 0 Å². The van der Waals surface area contributed by atoms with Gasteiger partial charge in [-0.15, -0.1) is 11.3 Å². The molecular formula is C17H15ClN2O6S. The van der Waals surface area contributed by atoms with E-state index in [2.05, 4.69) is 4.98 Å². The molecule has 1 saturated heterocycles. The van der Waals surface area contributed by atoms with E-state index in [0.29, 0.717) is 10.0 Å². The normalized spacial score (nSPS) is 24.7. The Morgan fingerprint density at radius 2 is 1.93 bits per heavy atom. The summed E-state index contributed by atoms with van der Waals surface area (Å²) in [6.07, 6.45) is 1.02. The van der Waals surface area contributed by atoms with E-state index in [1.807, 2.05) is 0 Å². The molecule has 10 heteroatoms. The number of rotatable bonds is 5. The first-order chi connectivity index (χ1) is 12.8. The van der Waals surface area contributed by atoms with Gasteiger partial charge in [0.2, 0.25) is 0 Å². The molecule has 3 unspecified atom stereocenters. The highest BCUT2D eigenvalue weighted by Gasteiger charge is 2.61. The number of carbonyl (C=O) groups excluding carboxylic acids is 1. The molecule has 0 aliphatic carbocycles. The average Bonchev–Trinajstić information content (AvgIpc) is 3.27. The van der Waals surface area contributed by atoms with Gasteiger partial charge in [-0.1, -0.05) is 11.6 Å². The summed E-state index contributed by atoms with van der Waals surface area (Å²) in [5.41, 5.74) is -1.94. The molecule has 0 radical (unpaired) electrons. The number of aromatic nitrogens is 1. The Morgan fingerprint density at radius 3 is 2.41 bits per heavy atom. The van der Waals surface area contributed by atoms with Crippen LogP contribution < -0.4 is 0 Å². The van der Waals surface area contributed by atoms with Crippen LogP contribution in [0.4, 0.5) is 0 Å². The van der Waals surface area contributed by atoms with Gasteiger partial charge in [-0.3, -0.25) is 9.59 Å². The number of carboxylic acids is 2. The maximum absolute atomic E-state index is 13.2. The summed E-state index contributed by atoms with van der Waals surface area (Å²) in [6, 6.07) is 4.66. The number of carbonyl (C=O) groups is 3. The van der Waals surface area contributed by atoms with Crippen molar-refractivity contribution < 1.29 is 29.7 Å². The molecule has 2 heterocycles. The number of aliphatic carboxylic acids is 2. The lowest BCUT2D eigenvalue weighted by atomic mass is 9.91. The minimum absolute atomic E-state index is 0.131. The third-order valence-electron chi connectivity index (χ3n) is 4.67. The van der Waals surface area contributed by atoms with Crippen LogP contribution >= 0.6 is 22.9 Å². The SMILES string of the molecule is O=C(O)C1CC(CO)(C(=O)O)N(C(=O)c2ccc(Cl)cc2)C1c1nccs1. The van der Waals surface area contributed by atoms with Crippen LogP contribution in [0, 0.1) is 5.92 Å². The molecule has 27 heavy (non-hydrogen) atoms. The van der Waals surface area contributed by atoms with Crippen molar-refractivity contribution in [1.29, 1.82) is 0 Å². The lowest BCUT2D eigenvalue weighted by molar-refractivity contribution is -0.151. The largest absolute Gasteiger partial charge is 0.481 e. The summed E-state index contributed by atoms with van der Waals surface area (Å²) in [4.78, 5) is 42.1. The second kappa shape index (κ2) is 7.26. The number of hydrogen-bond donors (Lipinski definition) is 3. The lowest BCUT2D eigenvalue weighted by Crippen LogP contribution is -2.56. The maximum atomic E-state index is 13.2. The first-order valence-electron chi connectivity index (χ1n) is 7.87. The summed E-state index contributed by atoms with van der Waals surface area (Å²) in [7, 11) is 0. The van der Waals surface area contributed by atoms with Gasteiger partial charge >= 0.3 is 11.9 Å². The molecule has 2 aromatic rings. The van der Waals surface area contributed by atoms with Gasteiger partial charge < -0.3 is 20.2 Å². The van der Waals surface area contributed by atoms with Crippen molar-refractivity contribution >= 4 is 40.8 Å². The zero-order valence-electron chi connectivity index (χ0n) is 13.8. The first kappa shape index (κ1) is 19.3. The molecule has 0 spiro atoms. The quantitative estimate of drug-likeness (QED) is 0.686. The van der Waals surface area contributed by atoms with E-state index >= 15 is 0 Å². The smallest absolute Gasteiger partial charge is 0.332 e. The Balaban J connectivity index is 2.18. The number of likely N-dealkylation sites (tertiary alicyclic amines) is 1. The Labute approximate surface area is 162 Å². The summed E-state index contributed by atoms with van der Waals surface area (Å²) in [6.45, 7) is -0.923. The molecule has 1 amide bonds. The van der Waals surface area contributed by atoms with Crippen molar-refractivity contribution in [2.45, 2.75) is 18.0 Å². The van der Waals surface area contributed by atoms with Gasteiger partial charge in [-0.25, -0.2) is 9.78 Å². The van der Waals surface area contributed by atoms with Crippen molar-refractivity contribution in [3.05, 3.63) is 51.4 Å². The third kappa shape index (κ3) is 3.18. The second-order valence-corrected chi connectivity index (χ2v) is 7.50. The zero-order valence-corrected chi connectivity index (χ0v) is 15.4. The zero-order chi connectivity index (χ0) is 19.8. The molecule has 3 N–H and O–H groups in total. The van der Waals surface area contributed by atoms with Crippen molar-refractivity contribution in [2.75, 3.05) is 6.61 Å². The van der Waals surface area contributed by atoms with Gasteiger partial charge in [-0.2, -0.15) is 0 Å². The second-order valence-electron chi connectivity index (χ2n) is 6.14. The molecule has 142 valence electrons. The van der Waals surface area contributed by atoms with E-state index in [1.165, 1.54) is 30.5 Å². The number of benzene rings is 1. The maximum Gasteiger partial charge on any atom is 0.332 e. The number of nitrogens with zero attached hydrogens (tertiary/aromatic N) is 2. The lowest BCUT2D eigenvalue weighted by Gasteiger charge is -2.36. The Bertz CT molecular complexity index is 872. The van der Waals surface area contributed by atoms with Crippen LogP contribution in [0.1, 0.15) is 27.8 Å². The highest BCUT2D eigenvalue weighted by Crippen LogP contribution is 2.48. The van der Waals surface area contributed by atoms with E-state index < -0.39 is 48.4 Å². The molecule has 3 atom stereocenters. The van der Waals surface area contributed by atoms with Crippen LogP contribution in [-0.4, -0.2) is 55.2 Å². The number of aliphatic hydroxyl groups excluding tert-OH is 1. The molecule has 1 fully saturated rings. The summed E-state index contributed by atoms with van der Waals surface area (Å²) < 4.78 is 0. The monoisotopic (exact) mass is 410 g/mol. The molecule has 8 nitrogen and oxygen atoms in total. The standard InChI is InChI=1S/C17H15ClN2O6S/c18-10-3-1-9(2-4-10)14(22)20-12(13-19-5-6-27-13)11(15(23)24)7-17(20,8-21)16(25)26/h1-6,11-12,21H,7-8H2,(H,23,24)(H,25,26). The van der Waals surface area contributed by atoms with Crippen molar-refractivity contribution in [3.63, 3.8) is 0 Å². The van der Waals surface area contributed by atoms with Crippen molar-refractivity contribution in [1.82, 2.24) is 9.88 Å². The minimum atomic E-state index is -2.07. The summed E-state index contributed by atoms with van der Waals surface area (Å²) >= 11 is 6.96. The first-order valence-corrected chi connectivity index (χ1v) is 9.13. The fourth-order valence-electron chi connectivity index (χ4n) is 3.36. The molecule has 0 bridgehead atoms. The van der Waals surface area contributed by atoms with E-state index in [4.69, 9.17) is 11.6 Å². The van der Waals surface area contributed by atoms with E-state index in [0.717, 1.165) is 16.2 Å². The molecule has 1 aliphatic heterocycles. The van der Waals surface area contributed by atoms with Crippen LogP contribution in [0.3, 0.4) is 0 Å². The Kier molecular flexibility index (Phi) is 5.18. The fourth-order valence-corrected chi connectivity index (χ4v) is 4.27. The average molecular weight is 411 g/mol. The molecule has 1 aromatic heterocycles. The highest BCUT2D eigenvalue weighted by atomic mass is 35.5. The predicted molar refractivity (Wildman–Crippen MR) is 95.7 cm³/mol. The molecule has 1 aromatic carbocycles. The van der Waals surface area contributed by atoms with Crippen LogP contribution in [0.25, 0.3) is 0 Å². The third-order valence-corrected chi connectivity index (χ3v) is 5.77. The van der Waals surface area contributed by atoms with E-state index in [9.17, 15) is 29.7 Å². The van der Waals surface area contributed by atoms with Crippen LogP contribution in [-0.2, 0) is 9.59 Å². The number of halogens is 1. The van der Waals surface area contributed by atoms with E-state index in [1.54, 1.807) is 5.38 Å².